The minimum Gasteiger partial charge on any atom is -0.497 e. The van der Waals surface area contributed by atoms with Crippen molar-refractivity contribution in [1.82, 2.24) is 9.88 Å². The van der Waals surface area contributed by atoms with E-state index in [0.29, 0.717) is 38.5 Å². The van der Waals surface area contributed by atoms with Crippen molar-refractivity contribution >= 4 is 23.5 Å². The lowest BCUT2D eigenvalue weighted by molar-refractivity contribution is -0.115. The van der Waals surface area contributed by atoms with Crippen LogP contribution in [0.15, 0.2) is 42.6 Å². The van der Waals surface area contributed by atoms with Gasteiger partial charge in [-0.1, -0.05) is 12.1 Å². The summed E-state index contributed by atoms with van der Waals surface area (Å²) in [7, 11) is 1.61. The molecule has 2 amide bonds. The van der Waals surface area contributed by atoms with Crippen molar-refractivity contribution in [3.05, 3.63) is 48.2 Å². The lowest BCUT2D eigenvalue weighted by atomic mass is 10.1. The third-order valence-corrected chi connectivity index (χ3v) is 4.69. The number of amides is 2. The highest BCUT2D eigenvalue weighted by Crippen LogP contribution is 2.17. The zero-order valence-electron chi connectivity index (χ0n) is 16.8. The van der Waals surface area contributed by atoms with Crippen LogP contribution in [-0.4, -0.2) is 61.8 Å². The Morgan fingerprint density at radius 1 is 1.07 bits per heavy atom. The van der Waals surface area contributed by atoms with Crippen LogP contribution in [0.3, 0.4) is 0 Å². The molecule has 0 radical (unpaired) electrons. The highest BCUT2D eigenvalue weighted by atomic mass is 16.6. The lowest BCUT2D eigenvalue weighted by Gasteiger charge is -2.34. The van der Waals surface area contributed by atoms with E-state index in [4.69, 9.17) is 9.47 Å². The molecular weight excluding hydrogens is 372 g/mol. The fraction of sp³-hybridized carbons (Fsp3) is 0.381. The van der Waals surface area contributed by atoms with Gasteiger partial charge in [-0.05, 0) is 36.8 Å². The standard InChI is InChI=1S/C21H26N4O4/c1-3-29-21(27)25-12-10-24(11-13-25)19-9-6-17(15-22-19)23-20(26)14-16-4-7-18(28-2)8-5-16/h4-9,15H,3,10-14H2,1-2H3,(H,23,26). The Morgan fingerprint density at radius 2 is 1.79 bits per heavy atom. The van der Waals surface area contributed by atoms with Gasteiger partial charge < -0.3 is 24.6 Å². The van der Waals surface area contributed by atoms with Gasteiger partial charge in [0.25, 0.3) is 0 Å². The van der Waals surface area contributed by atoms with E-state index in [-0.39, 0.29) is 18.4 Å². The molecule has 0 saturated carbocycles. The molecule has 1 saturated heterocycles. The molecule has 1 N–H and O–H groups in total. The second kappa shape index (κ2) is 9.77. The first kappa shape index (κ1) is 20.4. The first-order valence-corrected chi connectivity index (χ1v) is 9.64. The summed E-state index contributed by atoms with van der Waals surface area (Å²) in [4.78, 5) is 32.3. The number of benzene rings is 1. The van der Waals surface area contributed by atoms with Gasteiger partial charge in [-0.25, -0.2) is 9.78 Å². The number of aromatic nitrogens is 1. The van der Waals surface area contributed by atoms with Crippen LogP contribution >= 0.6 is 0 Å². The van der Waals surface area contributed by atoms with Crippen molar-refractivity contribution in [2.45, 2.75) is 13.3 Å². The molecule has 29 heavy (non-hydrogen) atoms. The fourth-order valence-corrected chi connectivity index (χ4v) is 3.11. The van der Waals surface area contributed by atoms with Crippen LogP contribution in [0.5, 0.6) is 5.75 Å². The Kier molecular flexibility index (Phi) is 6.89. The minimum absolute atomic E-state index is 0.104. The molecule has 8 heteroatoms. The number of carbonyl (C=O) groups excluding carboxylic acids is 2. The average Bonchev–Trinajstić information content (AvgIpc) is 2.75. The summed E-state index contributed by atoms with van der Waals surface area (Å²) in [6.45, 7) is 4.76. The SMILES string of the molecule is CCOC(=O)N1CCN(c2ccc(NC(=O)Cc3ccc(OC)cc3)cn2)CC1. The molecule has 1 aliphatic heterocycles. The number of hydrogen-bond donors (Lipinski definition) is 1. The predicted octanol–water partition coefficient (Wildman–Crippen LogP) is 2.55. The van der Waals surface area contributed by atoms with Gasteiger partial charge in [-0.15, -0.1) is 0 Å². The molecule has 8 nitrogen and oxygen atoms in total. The highest BCUT2D eigenvalue weighted by Gasteiger charge is 2.22. The Bertz CT molecular complexity index is 816. The number of nitrogens with one attached hydrogen (secondary N) is 1. The van der Waals surface area contributed by atoms with Crippen LogP contribution in [0, 0.1) is 0 Å². The molecule has 1 fully saturated rings. The molecular formula is C21H26N4O4. The van der Waals surface area contributed by atoms with Crippen molar-refractivity contribution in [3.8, 4) is 5.75 Å². The van der Waals surface area contributed by atoms with E-state index < -0.39 is 0 Å². The summed E-state index contributed by atoms with van der Waals surface area (Å²) in [6, 6.07) is 11.1. The maximum absolute atomic E-state index is 12.2. The van der Waals surface area contributed by atoms with Gasteiger partial charge in [0.1, 0.15) is 11.6 Å². The summed E-state index contributed by atoms with van der Waals surface area (Å²) >= 11 is 0. The van der Waals surface area contributed by atoms with Gasteiger partial charge in [0.2, 0.25) is 5.91 Å². The number of ether oxygens (including phenoxy) is 2. The Labute approximate surface area is 170 Å². The van der Waals surface area contributed by atoms with Crippen molar-refractivity contribution < 1.29 is 19.1 Å². The fourth-order valence-electron chi connectivity index (χ4n) is 3.11. The highest BCUT2D eigenvalue weighted by molar-refractivity contribution is 5.92. The van der Waals surface area contributed by atoms with E-state index in [1.807, 2.05) is 36.4 Å². The summed E-state index contributed by atoms with van der Waals surface area (Å²) in [5.74, 6) is 1.48. The topological polar surface area (TPSA) is 84.0 Å². The molecule has 1 aromatic heterocycles. The van der Waals surface area contributed by atoms with Crippen LogP contribution < -0.4 is 15.0 Å². The predicted molar refractivity (Wildman–Crippen MR) is 110 cm³/mol. The van der Waals surface area contributed by atoms with Gasteiger partial charge in [0, 0.05) is 26.2 Å². The van der Waals surface area contributed by atoms with Crippen LogP contribution in [0.1, 0.15) is 12.5 Å². The monoisotopic (exact) mass is 398 g/mol. The van der Waals surface area contributed by atoms with Gasteiger partial charge in [0.15, 0.2) is 0 Å². The molecule has 0 aliphatic carbocycles. The second-order valence-electron chi connectivity index (χ2n) is 6.65. The Balaban J connectivity index is 1.49. The maximum atomic E-state index is 12.2. The normalized spacial score (nSPS) is 13.7. The van der Waals surface area contributed by atoms with E-state index in [9.17, 15) is 9.59 Å². The Hall–Kier alpha value is -3.29. The number of nitrogens with zero attached hydrogens (tertiary/aromatic N) is 3. The molecule has 0 bridgehead atoms. The molecule has 1 aromatic carbocycles. The zero-order valence-corrected chi connectivity index (χ0v) is 16.8. The van der Waals surface area contributed by atoms with Gasteiger partial charge in [-0.2, -0.15) is 0 Å². The molecule has 2 aromatic rings. The maximum Gasteiger partial charge on any atom is 0.409 e. The molecule has 2 heterocycles. The molecule has 0 unspecified atom stereocenters. The van der Waals surface area contributed by atoms with Crippen molar-refractivity contribution in [2.75, 3.05) is 50.1 Å². The summed E-state index contributed by atoms with van der Waals surface area (Å²) in [6.07, 6.45) is 1.66. The largest absolute Gasteiger partial charge is 0.497 e. The summed E-state index contributed by atoms with van der Waals surface area (Å²) in [5.41, 5.74) is 1.56. The Morgan fingerprint density at radius 3 is 2.38 bits per heavy atom. The van der Waals surface area contributed by atoms with E-state index in [0.717, 1.165) is 17.1 Å². The van der Waals surface area contributed by atoms with E-state index in [1.54, 1.807) is 25.1 Å². The zero-order chi connectivity index (χ0) is 20.6. The van der Waals surface area contributed by atoms with Crippen LogP contribution in [-0.2, 0) is 16.0 Å². The van der Waals surface area contributed by atoms with Crippen LogP contribution in [0.25, 0.3) is 0 Å². The first-order chi connectivity index (χ1) is 14.1. The molecule has 0 spiro atoms. The van der Waals surface area contributed by atoms with Crippen molar-refractivity contribution in [2.24, 2.45) is 0 Å². The number of rotatable bonds is 6. The lowest BCUT2D eigenvalue weighted by Crippen LogP contribution is -2.49. The summed E-state index contributed by atoms with van der Waals surface area (Å²) in [5, 5.41) is 2.86. The van der Waals surface area contributed by atoms with Crippen molar-refractivity contribution in [1.29, 1.82) is 0 Å². The quantitative estimate of drug-likeness (QED) is 0.805. The van der Waals surface area contributed by atoms with Gasteiger partial charge >= 0.3 is 6.09 Å². The van der Waals surface area contributed by atoms with Crippen molar-refractivity contribution in [3.63, 3.8) is 0 Å². The second-order valence-corrected chi connectivity index (χ2v) is 6.65. The average molecular weight is 398 g/mol. The molecule has 3 rings (SSSR count). The van der Waals surface area contributed by atoms with Crippen LogP contribution in [0.4, 0.5) is 16.3 Å². The number of anilines is 2. The third-order valence-electron chi connectivity index (χ3n) is 4.69. The summed E-state index contributed by atoms with van der Waals surface area (Å²) < 4.78 is 10.2. The number of carbonyl (C=O) groups is 2. The number of methoxy groups -OCH3 is 1. The molecule has 0 atom stereocenters. The number of hydrogen-bond acceptors (Lipinski definition) is 6. The number of pyridine rings is 1. The smallest absolute Gasteiger partial charge is 0.409 e. The van der Waals surface area contributed by atoms with E-state index in [1.165, 1.54) is 0 Å². The molecule has 1 aliphatic rings. The van der Waals surface area contributed by atoms with E-state index >= 15 is 0 Å². The molecule has 154 valence electrons. The third kappa shape index (κ3) is 5.60. The number of piperazine rings is 1. The first-order valence-electron chi connectivity index (χ1n) is 9.64. The van der Waals surface area contributed by atoms with Gasteiger partial charge in [-0.3, -0.25) is 4.79 Å². The van der Waals surface area contributed by atoms with E-state index in [2.05, 4.69) is 15.2 Å². The van der Waals surface area contributed by atoms with Crippen LogP contribution in [0.2, 0.25) is 0 Å². The minimum atomic E-state index is -0.268. The van der Waals surface area contributed by atoms with Gasteiger partial charge in [0.05, 0.1) is 32.0 Å².